The molecule has 9 heteroatoms. The second-order valence-electron chi connectivity index (χ2n) is 8.31. The topological polar surface area (TPSA) is 96.0 Å². The lowest BCUT2D eigenvalue weighted by molar-refractivity contribution is -0.141. The van der Waals surface area contributed by atoms with Crippen LogP contribution >= 0.6 is 0 Å². The van der Waals surface area contributed by atoms with E-state index in [0.717, 1.165) is 21.7 Å². The number of hydrogen-bond donors (Lipinski definition) is 1. The van der Waals surface area contributed by atoms with Crippen LogP contribution in [0.25, 0.3) is 0 Å². The Bertz CT molecular complexity index is 1250. The van der Waals surface area contributed by atoms with Crippen LogP contribution in [-0.4, -0.2) is 56.4 Å². The fourth-order valence-corrected chi connectivity index (χ4v) is 4.54. The predicted molar refractivity (Wildman–Crippen MR) is 138 cm³/mol. The summed E-state index contributed by atoms with van der Waals surface area (Å²) in [5.74, 6) is -0.213. The van der Waals surface area contributed by atoms with Gasteiger partial charge < -0.3 is 15.0 Å². The third-order valence-electron chi connectivity index (χ3n) is 5.74. The zero-order chi connectivity index (χ0) is 26.1. The number of likely N-dealkylation sites (N-methyl/N-ethyl adjacent to an activating group) is 1. The van der Waals surface area contributed by atoms with E-state index in [1.165, 1.54) is 11.9 Å². The molecular weight excluding hydrogens is 478 g/mol. The molecule has 36 heavy (non-hydrogen) atoms. The number of methoxy groups -OCH3 is 1. The van der Waals surface area contributed by atoms with Crippen molar-refractivity contribution >= 4 is 21.8 Å². The quantitative estimate of drug-likeness (QED) is 0.429. The molecular formula is C27H31N3O5S. The van der Waals surface area contributed by atoms with E-state index in [1.54, 1.807) is 55.6 Å². The summed E-state index contributed by atoms with van der Waals surface area (Å²) >= 11 is 0. The highest BCUT2D eigenvalue weighted by Gasteiger charge is 2.33. The van der Waals surface area contributed by atoms with E-state index in [2.05, 4.69) is 5.32 Å². The van der Waals surface area contributed by atoms with Gasteiger partial charge in [0.15, 0.2) is 0 Å². The fraction of sp³-hybridized carbons (Fsp3) is 0.259. The van der Waals surface area contributed by atoms with Gasteiger partial charge in [-0.1, -0.05) is 72.8 Å². The molecule has 0 aliphatic rings. The van der Waals surface area contributed by atoms with Crippen LogP contribution in [0, 0.1) is 0 Å². The molecule has 3 rings (SSSR count). The van der Waals surface area contributed by atoms with Gasteiger partial charge in [0.1, 0.15) is 11.8 Å². The first kappa shape index (κ1) is 26.9. The second-order valence-corrected chi connectivity index (χ2v) is 10.3. The Hall–Kier alpha value is -3.69. The van der Waals surface area contributed by atoms with Crippen molar-refractivity contribution in [3.63, 3.8) is 0 Å². The van der Waals surface area contributed by atoms with Crippen molar-refractivity contribution < 1.29 is 22.7 Å². The minimum absolute atomic E-state index is 0.0395. The molecule has 3 aromatic carbocycles. The van der Waals surface area contributed by atoms with Crippen molar-refractivity contribution in [2.45, 2.75) is 19.1 Å². The van der Waals surface area contributed by atoms with E-state index in [4.69, 9.17) is 4.74 Å². The minimum Gasteiger partial charge on any atom is -0.497 e. The summed E-state index contributed by atoms with van der Waals surface area (Å²) < 4.78 is 31.6. The van der Waals surface area contributed by atoms with Crippen molar-refractivity contribution in [1.82, 2.24) is 14.5 Å². The highest BCUT2D eigenvalue weighted by Crippen LogP contribution is 2.25. The minimum atomic E-state index is -3.72. The highest BCUT2D eigenvalue weighted by molar-refractivity contribution is 7.88. The summed E-state index contributed by atoms with van der Waals surface area (Å²) in [6, 6.07) is 24.2. The molecule has 0 fully saturated rings. The molecule has 0 saturated heterocycles. The van der Waals surface area contributed by atoms with Crippen LogP contribution in [0.1, 0.15) is 22.7 Å². The van der Waals surface area contributed by atoms with Crippen molar-refractivity contribution in [2.24, 2.45) is 0 Å². The summed E-state index contributed by atoms with van der Waals surface area (Å²) in [5, 5.41) is 2.64. The molecule has 190 valence electrons. The van der Waals surface area contributed by atoms with Gasteiger partial charge in [-0.3, -0.25) is 9.59 Å². The van der Waals surface area contributed by atoms with E-state index >= 15 is 0 Å². The molecule has 0 spiro atoms. The van der Waals surface area contributed by atoms with E-state index in [-0.39, 0.29) is 19.0 Å². The maximum absolute atomic E-state index is 13.8. The monoisotopic (exact) mass is 509 g/mol. The number of benzene rings is 3. The molecule has 0 bridgehead atoms. The zero-order valence-electron chi connectivity index (χ0n) is 20.6. The van der Waals surface area contributed by atoms with Gasteiger partial charge >= 0.3 is 0 Å². The lowest BCUT2D eigenvalue weighted by Crippen LogP contribution is -2.47. The van der Waals surface area contributed by atoms with Crippen molar-refractivity contribution in [1.29, 1.82) is 0 Å². The Morgan fingerprint density at radius 1 is 0.861 bits per heavy atom. The van der Waals surface area contributed by atoms with Gasteiger partial charge in [-0.15, -0.1) is 0 Å². The van der Waals surface area contributed by atoms with Crippen LogP contribution in [0.5, 0.6) is 5.75 Å². The number of nitrogens with zero attached hydrogens (tertiary/aromatic N) is 2. The molecule has 0 aromatic heterocycles. The molecule has 1 N–H and O–H groups in total. The van der Waals surface area contributed by atoms with E-state index in [1.807, 2.05) is 36.4 Å². The van der Waals surface area contributed by atoms with Crippen molar-refractivity contribution in [3.8, 4) is 5.75 Å². The van der Waals surface area contributed by atoms with Crippen LogP contribution < -0.4 is 10.1 Å². The Balaban J connectivity index is 1.99. The molecule has 2 amide bonds. The van der Waals surface area contributed by atoms with Gasteiger partial charge in [-0.25, -0.2) is 8.42 Å². The molecule has 0 radical (unpaired) electrons. The standard InChI is InChI=1S/C27H31N3O5S/c1-28-27(32)26(23-12-8-5-9-13-23)30(19-22-14-16-24(35-2)17-15-22)25(31)20-29(36(3,33)34)18-21-10-6-4-7-11-21/h4-17,26H,18-20H2,1-3H3,(H,28,32)/t26-/m1/s1. The molecule has 3 aromatic rings. The highest BCUT2D eigenvalue weighted by atomic mass is 32.2. The Labute approximate surface area is 212 Å². The molecule has 0 aliphatic heterocycles. The van der Waals surface area contributed by atoms with Crippen molar-refractivity contribution in [3.05, 3.63) is 102 Å². The molecule has 0 aliphatic carbocycles. The maximum Gasteiger partial charge on any atom is 0.247 e. The first-order valence-corrected chi connectivity index (χ1v) is 13.3. The second kappa shape index (κ2) is 12.3. The smallest absolute Gasteiger partial charge is 0.247 e. The van der Waals surface area contributed by atoms with Crippen LogP contribution in [0.3, 0.4) is 0 Å². The van der Waals surface area contributed by atoms with Crippen LogP contribution in [0.2, 0.25) is 0 Å². The third kappa shape index (κ3) is 7.16. The summed E-state index contributed by atoms with van der Waals surface area (Å²) in [6.07, 6.45) is 1.07. The number of sulfonamides is 1. The summed E-state index contributed by atoms with van der Waals surface area (Å²) in [5.41, 5.74) is 2.14. The number of rotatable bonds is 11. The van der Waals surface area contributed by atoms with Gasteiger partial charge in [0.2, 0.25) is 21.8 Å². The zero-order valence-corrected chi connectivity index (χ0v) is 21.4. The Morgan fingerprint density at radius 3 is 1.94 bits per heavy atom. The van der Waals surface area contributed by atoms with Crippen LogP contribution in [0.15, 0.2) is 84.9 Å². The number of nitrogens with one attached hydrogen (secondary N) is 1. The van der Waals surface area contributed by atoms with Gasteiger partial charge in [-0.2, -0.15) is 4.31 Å². The average molecular weight is 510 g/mol. The predicted octanol–water partition coefficient (Wildman–Crippen LogP) is 2.97. The number of carbonyl (C=O) groups excluding carboxylic acids is 2. The third-order valence-corrected chi connectivity index (χ3v) is 6.93. The molecule has 1 atom stereocenters. The lowest BCUT2D eigenvalue weighted by atomic mass is 10.0. The van der Waals surface area contributed by atoms with E-state index < -0.39 is 28.5 Å². The summed E-state index contributed by atoms with van der Waals surface area (Å²) in [6.45, 7) is -0.277. The van der Waals surface area contributed by atoms with Crippen molar-refractivity contribution in [2.75, 3.05) is 27.0 Å². The molecule has 8 nitrogen and oxygen atoms in total. The average Bonchev–Trinajstić information content (AvgIpc) is 2.88. The summed E-state index contributed by atoms with van der Waals surface area (Å²) in [7, 11) is -0.651. The van der Waals surface area contributed by atoms with Crippen LogP contribution in [0.4, 0.5) is 0 Å². The van der Waals surface area contributed by atoms with Gasteiger partial charge in [0.05, 0.1) is 19.9 Å². The van der Waals surface area contributed by atoms with Gasteiger partial charge in [0, 0.05) is 20.1 Å². The Kier molecular flexibility index (Phi) is 9.21. The van der Waals surface area contributed by atoms with Gasteiger partial charge in [-0.05, 0) is 28.8 Å². The number of ether oxygens (including phenoxy) is 1. The first-order chi connectivity index (χ1) is 17.2. The number of carbonyl (C=O) groups is 2. The van der Waals surface area contributed by atoms with E-state index in [0.29, 0.717) is 11.3 Å². The molecule has 0 unspecified atom stereocenters. The maximum atomic E-state index is 13.8. The van der Waals surface area contributed by atoms with Gasteiger partial charge in [0.25, 0.3) is 0 Å². The molecule has 0 heterocycles. The van der Waals surface area contributed by atoms with E-state index in [9.17, 15) is 18.0 Å². The largest absolute Gasteiger partial charge is 0.497 e. The molecule has 0 saturated carbocycles. The number of hydrogen-bond acceptors (Lipinski definition) is 5. The lowest BCUT2D eigenvalue weighted by Gasteiger charge is -2.33. The summed E-state index contributed by atoms with van der Waals surface area (Å²) in [4.78, 5) is 28.2. The van der Waals surface area contributed by atoms with Crippen LogP contribution in [-0.2, 0) is 32.7 Å². The normalized spacial score (nSPS) is 12.1. The number of amides is 2. The Morgan fingerprint density at radius 2 is 1.42 bits per heavy atom. The first-order valence-electron chi connectivity index (χ1n) is 11.4. The fourth-order valence-electron chi connectivity index (χ4n) is 3.82. The SMILES string of the molecule is CNC(=O)[C@@H](c1ccccc1)N(Cc1ccc(OC)cc1)C(=O)CN(Cc1ccccc1)S(C)(=O)=O.